The van der Waals surface area contributed by atoms with Crippen molar-refractivity contribution < 1.29 is 4.79 Å². The fourth-order valence-electron chi connectivity index (χ4n) is 3.15. The van der Waals surface area contributed by atoms with Gasteiger partial charge in [0.05, 0.1) is 0 Å². The van der Waals surface area contributed by atoms with E-state index < -0.39 is 0 Å². The molecule has 1 fully saturated rings. The van der Waals surface area contributed by atoms with Gasteiger partial charge in [-0.1, -0.05) is 13.3 Å². The lowest BCUT2D eigenvalue weighted by Crippen LogP contribution is -2.41. The van der Waals surface area contributed by atoms with Gasteiger partial charge in [-0.05, 0) is 54.9 Å². The van der Waals surface area contributed by atoms with E-state index in [2.05, 4.69) is 17.6 Å². The van der Waals surface area contributed by atoms with Crippen molar-refractivity contribution in [3.05, 3.63) is 29.3 Å². The average Bonchev–Trinajstić information content (AvgIpc) is 2.84. The number of carbonyl (C=O) groups is 1. The summed E-state index contributed by atoms with van der Waals surface area (Å²) in [5.74, 6) is 0.0782. The molecule has 0 aromatic heterocycles. The second-order valence-electron chi connectivity index (χ2n) is 5.94. The van der Waals surface area contributed by atoms with Gasteiger partial charge in [-0.25, -0.2) is 0 Å². The van der Waals surface area contributed by atoms with E-state index in [1.165, 1.54) is 36.9 Å². The third-order valence-electron chi connectivity index (χ3n) is 4.87. The number of hydrogen-bond acceptors (Lipinski definition) is 2. The standard InChI is InChI=1S/C16H22N2O/c1-2-16(7-3-8-16)11-18-15(19)13-4-5-14-12(10-13)6-9-17-14/h4-5,10,17H,2-3,6-9,11H2,1H3,(H,18,19). The Bertz CT molecular complexity index is 486. The van der Waals surface area contributed by atoms with Gasteiger partial charge in [0.2, 0.25) is 0 Å². The summed E-state index contributed by atoms with van der Waals surface area (Å²) in [7, 11) is 0. The van der Waals surface area contributed by atoms with Crippen molar-refractivity contribution in [1.82, 2.24) is 5.32 Å². The van der Waals surface area contributed by atoms with Crippen LogP contribution in [0.1, 0.15) is 48.5 Å². The molecule has 0 bridgehead atoms. The maximum Gasteiger partial charge on any atom is 0.251 e. The molecule has 3 nitrogen and oxygen atoms in total. The molecular formula is C16H22N2O. The van der Waals surface area contributed by atoms with Gasteiger partial charge >= 0.3 is 0 Å². The van der Waals surface area contributed by atoms with E-state index in [1.807, 2.05) is 18.2 Å². The number of anilines is 1. The molecule has 0 radical (unpaired) electrons. The van der Waals surface area contributed by atoms with E-state index in [1.54, 1.807) is 0 Å². The Labute approximate surface area is 114 Å². The van der Waals surface area contributed by atoms with E-state index in [-0.39, 0.29) is 5.91 Å². The predicted molar refractivity (Wildman–Crippen MR) is 77.5 cm³/mol. The fourth-order valence-corrected chi connectivity index (χ4v) is 3.15. The molecule has 0 saturated heterocycles. The van der Waals surface area contributed by atoms with Gasteiger partial charge in [0, 0.05) is 24.3 Å². The van der Waals surface area contributed by atoms with Crippen LogP contribution in [0.25, 0.3) is 0 Å². The molecule has 102 valence electrons. The van der Waals surface area contributed by atoms with E-state index in [9.17, 15) is 4.79 Å². The molecule has 3 rings (SSSR count). The lowest BCUT2D eigenvalue weighted by atomic mass is 9.67. The lowest BCUT2D eigenvalue weighted by molar-refractivity contribution is 0.0850. The molecule has 2 aliphatic rings. The molecular weight excluding hydrogens is 236 g/mol. The summed E-state index contributed by atoms with van der Waals surface area (Å²) >= 11 is 0. The Morgan fingerprint density at radius 3 is 2.95 bits per heavy atom. The van der Waals surface area contributed by atoms with Crippen LogP contribution in [0.4, 0.5) is 5.69 Å². The van der Waals surface area contributed by atoms with Crippen LogP contribution in [0.15, 0.2) is 18.2 Å². The van der Waals surface area contributed by atoms with Crippen LogP contribution in [0, 0.1) is 5.41 Å². The van der Waals surface area contributed by atoms with Gasteiger partial charge in [-0.2, -0.15) is 0 Å². The summed E-state index contributed by atoms with van der Waals surface area (Å²) in [6, 6.07) is 5.98. The molecule has 1 aromatic carbocycles. The first-order valence-electron chi connectivity index (χ1n) is 7.37. The number of nitrogens with one attached hydrogen (secondary N) is 2. The number of rotatable bonds is 4. The number of hydrogen-bond donors (Lipinski definition) is 2. The maximum absolute atomic E-state index is 12.2. The minimum atomic E-state index is 0.0782. The van der Waals surface area contributed by atoms with Crippen LogP contribution in [-0.4, -0.2) is 19.0 Å². The molecule has 2 N–H and O–H groups in total. The Hall–Kier alpha value is -1.51. The third-order valence-corrected chi connectivity index (χ3v) is 4.87. The van der Waals surface area contributed by atoms with E-state index in [0.717, 1.165) is 25.1 Å². The monoisotopic (exact) mass is 258 g/mol. The van der Waals surface area contributed by atoms with Crippen molar-refractivity contribution in [3.8, 4) is 0 Å². The van der Waals surface area contributed by atoms with Crippen molar-refractivity contribution in [2.24, 2.45) is 5.41 Å². The van der Waals surface area contributed by atoms with E-state index >= 15 is 0 Å². The summed E-state index contributed by atoms with van der Waals surface area (Å²) in [6.07, 6.45) is 6.03. The highest BCUT2D eigenvalue weighted by atomic mass is 16.1. The minimum Gasteiger partial charge on any atom is -0.384 e. The Kier molecular flexibility index (Phi) is 3.21. The zero-order valence-electron chi connectivity index (χ0n) is 11.6. The molecule has 1 saturated carbocycles. The van der Waals surface area contributed by atoms with Crippen molar-refractivity contribution in [2.75, 3.05) is 18.4 Å². The number of fused-ring (bicyclic) bond motifs is 1. The SMILES string of the molecule is CCC1(CNC(=O)c2ccc3c(c2)CCN3)CCC1. The summed E-state index contributed by atoms with van der Waals surface area (Å²) in [5, 5.41) is 6.44. The number of carbonyl (C=O) groups excluding carboxylic acids is 1. The first kappa shape index (κ1) is 12.5. The quantitative estimate of drug-likeness (QED) is 0.871. The van der Waals surface area contributed by atoms with E-state index in [4.69, 9.17) is 0 Å². The molecule has 1 aliphatic carbocycles. The molecule has 3 heteroatoms. The van der Waals surface area contributed by atoms with Crippen LogP contribution >= 0.6 is 0 Å². The van der Waals surface area contributed by atoms with Crippen molar-refractivity contribution in [3.63, 3.8) is 0 Å². The van der Waals surface area contributed by atoms with Crippen molar-refractivity contribution in [2.45, 2.75) is 39.0 Å². The molecule has 1 aromatic rings. The smallest absolute Gasteiger partial charge is 0.251 e. The Morgan fingerprint density at radius 1 is 1.42 bits per heavy atom. The molecule has 0 unspecified atom stereocenters. The van der Waals surface area contributed by atoms with E-state index in [0.29, 0.717) is 5.41 Å². The average molecular weight is 258 g/mol. The van der Waals surface area contributed by atoms with Crippen LogP contribution < -0.4 is 10.6 Å². The fraction of sp³-hybridized carbons (Fsp3) is 0.562. The second-order valence-corrected chi connectivity index (χ2v) is 5.94. The lowest BCUT2D eigenvalue weighted by Gasteiger charge is -2.41. The summed E-state index contributed by atoms with van der Waals surface area (Å²) in [4.78, 5) is 12.2. The van der Waals surface area contributed by atoms with Crippen LogP contribution in [0.5, 0.6) is 0 Å². The van der Waals surface area contributed by atoms with Gasteiger partial charge in [0.15, 0.2) is 0 Å². The van der Waals surface area contributed by atoms with Gasteiger partial charge in [-0.15, -0.1) is 0 Å². The van der Waals surface area contributed by atoms with Crippen LogP contribution in [0.3, 0.4) is 0 Å². The van der Waals surface area contributed by atoms with Crippen molar-refractivity contribution >= 4 is 11.6 Å². The summed E-state index contributed by atoms with van der Waals surface area (Å²) in [5.41, 5.74) is 3.63. The second kappa shape index (κ2) is 4.87. The largest absolute Gasteiger partial charge is 0.384 e. The minimum absolute atomic E-state index is 0.0782. The zero-order valence-corrected chi connectivity index (χ0v) is 11.6. The Balaban J connectivity index is 1.64. The zero-order chi connectivity index (χ0) is 13.3. The molecule has 1 heterocycles. The van der Waals surface area contributed by atoms with Crippen LogP contribution in [0.2, 0.25) is 0 Å². The molecule has 0 spiro atoms. The van der Waals surface area contributed by atoms with Crippen LogP contribution in [-0.2, 0) is 6.42 Å². The van der Waals surface area contributed by atoms with Crippen molar-refractivity contribution in [1.29, 1.82) is 0 Å². The number of amides is 1. The maximum atomic E-state index is 12.2. The molecule has 19 heavy (non-hydrogen) atoms. The first-order valence-corrected chi connectivity index (χ1v) is 7.37. The van der Waals surface area contributed by atoms with Gasteiger partial charge < -0.3 is 10.6 Å². The summed E-state index contributed by atoms with van der Waals surface area (Å²) in [6.45, 7) is 4.05. The van der Waals surface area contributed by atoms with Gasteiger partial charge in [-0.3, -0.25) is 4.79 Å². The molecule has 0 atom stereocenters. The molecule has 1 aliphatic heterocycles. The normalized spacial score (nSPS) is 19.2. The third kappa shape index (κ3) is 2.34. The topological polar surface area (TPSA) is 41.1 Å². The predicted octanol–water partition coefficient (Wildman–Crippen LogP) is 2.96. The highest BCUT2D eigenvalue weighted by Gasteiger charge is 2.35. The number of benzene rings is 1. The van der Waals surface area contributed by atoms with Gasteiger partial charge in [0.1, 0.15) is 0 Å². The first-order chi connectivity index (χ1) is 9.22. The molecule has 1 amide bonds. The Morgan fingerprint density at radius 2 is 2.26 bits per heavy atom. The highest BCUT2D eigenvalue weighted by Crippen LogP contribution is 2.43. The van der Waals surface area contributed by atoms with Gasteiger partial charge in [0.25, 0.3) is 5.91 Å². The summed E-state index contributed by atoms with van der Waals surface area (Å²) < 4.78 is 0. The highest BCUT2D eigenvalue weighted by molar-refractivity contribution is 5.95.